The van der Waals surface area contributed by atoms with E-state index in [1.165, 1.54) is 0 Å². The molecule has 1 fully saturated rings. The van der Waals surface area contributed by atoms with Gasteiger partial charge in [-0.15, -0.1) is 0 Å². The molecule has 0 heterocycles. The molecule has 0 spiro atoms. The highest BCUT2D eigenvalue weighted by Crippen LogP contribution is 2.28. The zero-order valence-electron chi connectivity index (χ0n) is 11.6. The van der Waals surface area contributed by atoms with E-state index in [0.29, 0.717) is 0 Å². The number of carbonyl (C=O) groups is 2. The van der Waals surface area contributed by atoms with Crippen molar-refractivity contribution in [1.82, 2.24) is 5.32 Å². The number of amides is 2. The minimum atomic E-state index is -1.52. The number of nitrogens with two attached hydrogens (primary N) is 1. The van der Waals surface area contributed by atoms with E-state index >= 15 is 0 Å². The standard InChI is InChI=1S/C13H22N2O4/c1-13(2,3)19-12(18)15-9(10(16)11(14)17)7-8-5-4-6-8/h7-8,10,16H,4-6H2,1-3H3,(H2,14,17)(H,15,18)/b9-7+. The van der Waals surface area contributed by atoms with E-state index in [-0.39, 0.29) is 11.6 Å². The van der Waals surface area contributed by atoms with Gasteiger partial charge in [0.1, 0.15) is 5.60 Å². The van der Waals surface area contributed by atoms with E-state index in [9.17, 15) is 14.7 Å². The first-order chi connectivity index (χ1) is 8.69. The van der Waals surface area contributed by atoms with Crippen LogP contribution in [0.1, 0.15) is 40.0 Å². The molecule has 19 heavy (non-hydrogen) atoms. The van der Waals surface area contributed by atoms with Crippen LogP contribution in [0.25, 0.3) is 0 Å². The number of alkyl carbamates (subject to hydrolysis) is 1. The summed E-state index contributed by atoms with van der Waals surface area (Å²) in [6.45, 7) is 5.19. The third-order valence-corrected chi connectivity index (χ3v) is 2.77. The molecule has 6 nitrogen and oxygen atoms in total. The van der Waals surface area contributed by atoms with Crippen molar-refractivity contribution in [3.8, 4) is 0 Å². The second-order valence-electron chi connectivity index (χ2n) is 5.74. The molecule has 0 bridgehead atoms. The van der Waals surface area contributed by atoms with Gasteiger partial charge in [0.05, 0.1) is 5.70 Å². The lowest BCUT2D eigenvalue weighted by Gasteiger charge is -2.25. The molecule has 0 saturated heterocycles. The van der Waals surface area contributed by atoms with E-state index in [1.807, 2.05) is 0 Å². The van der Waals surface area contributed by atoms with Crippen LogP contribution >= 0.6 is 0 Å². The maximum Gasteiger partial charge on any atom is 0.411 e. The Morgan fingerprint density at radius 2 is 2.00 bits per heavy atom. The van der Waals surface area contributed by atoms with Crippen molar-refractivity contribution in [1.29, 1.82) is 0 Å². The number of carbonyl (C=O) groups excluding carboxylic acids is 2. The average Bonchev–Trinajstić information content (AvgIpc) is 2.17. The molecule has 0 aromatic rings. The van der Waals surface area contributed by atoms with Crippen LogP contribution in [0.4, 0.5) is 4.79 Å². The Bertz CT molecular complexity index is 381. The Hall–Kier alpha value is -1.56. The third-order valence-electron chi connectivity index (χ3n) is 2.77. The van der Waals surface area contributed by atoms with Crippen molar-refractivity contribution in [3.63, 3.8) is 0 Å². The summed E-state index contributed by atoms with van der Waals surface area (Å²) in [7, 11) is 0. The van der Waals surface area contributed by atoms with Gasteiger partial charge in [-0.3, -0.25) is 10.1 Å². The number of allylic oxidation sites excluding steroid dienone is 1. The highest BCUT2D eigenvalue weighted by Gasteiger charge is 2.25. The van der Waals surface area contributed by atoms with Crippen molar-refractivity contribution in [3.05, 3.63) is 11.8 Å². The maximum atomic E-state index is 11.6. The van der Waals surface area contributed by atoms with Gasteiger partial charge < -0.3 is 15.6 Å². The number of aliphatic hydroxyl groups is 1. The summed E-state index contributed by atoms with van der Waals surface area (Å²) >= 11 is 0. The van der Waals surface area contributed by atoms with Gasteiger partial charge >= 0.3 is 6.09 Å². The quantitative estimate of drug-likeness (QED) is 0.710. The monoisotopic (exact) mass is 270 g/mol. The topological polar surface area (TPSA) is 102 Å². The van der Waals surface area contributed by atoms with Gasteiger partial charge in [-0.1, -0.05) is 12.5 Å². The van der Waals surface area contributed by atoms with Gasteiger partial charge in [-0.2, -0.15) is 0 Å². The minimum Gasteiger partial charge on any atom is -0.444 e. The predicted octanol–water partition coefficient (Wildman–Crippen LogP) is 1.04. The molecule has 1 aliphatic rings. The third kappa shape index (κ3) is 5.30. The van der Waals surface area contributed by atoms with Crippen molar-refractivity contribution in [2.24, 2.45) is 11.7 Å². The van der Waals surface area contributed by atoms with Crippen LogP contribution in [-0.4, -0.2) is 28.8 Å². The maximum absolute atomic E-state index is 11.6. The summed E-state index contributed by atoms with van der Waals surface area (Å²) in [6.07, 6.45) is 2.51. The van der Waals surface area contributed by atoms with Crippen LogP contribution in [0.2, 0.25) is 0 Å². The Morgan fingerprint density at radius 3 is 2.37 bits per heavy atom. The Kier molecular flexibility index (Phi) is 4.94. The number of ether oxygens (including phenoxy) is 1. The highest BCUT2D eigenvalue weighted by molar-refractivity contribution is 5.83. The number of hydrogen-bond donors (Lipinski definition) is 3. The predicted molar refractivity (Wildman–Crippen MR) is 70.0 cm³/mol. The number of aliphatic hydroxyl groups excluding tert-OH is 1. The summed E-state index contributed by atoms with van der Waals surface area (Å²) in [4.78, 5) is 22.7. The van der Waals surface area contributed by atoms with E-state index < -0.39 is 23.7 Å². The van der Waals surface area contributed by atoms with Gasteiger partial charge in [0.15, 0.2) is 6.10 Å². The summed E-state index contributed by atoms with van der Waals surface area (Å²) in [5, 5.41) is 12.1. The fourth-order valence-electron chi connectivity index (χ4n) is 1.64. The lowest BCUT2D eigenvalue weighted by atomic mass is 9.84. The molecule has 1 atom stereocenters. The van der Waals surface area contributed by atoms with E-state index in [2.05, 4.69) is 5.32 Å². The summed E-state index contributed by atoms with van der Waals surface area (Å²) in [5.41, 5.74) is 4.51. The summed E-state index contributed by atoms with van der Waals surface area (Å²) in [6, 6.07) is 0. The Morgan fingerprint density at radius 1 is 1.42 bits per heavy atom. The summed E-state index contributed by atoms with van der Waals surface area (Å²) < 4.78 is 5.08. The molecule has 0 aromatic heterocycles. The van der Waals surface area contributed by atoms with Gasteiger partial charge in [-0.05, 0) is 39.5 Å². The van der Waals surface area contributed by atoms with Gasteiger partial charge in [-0.25, -0.2) is 4.79 Å². The molecule has 108 valence electrons. The largest absolute Gasteiger partial charge is 0.444 e. The summed E-state index contributed by atoms with van der Waals surface area (Å²) in [5.74, 6) is -0.638. The molecule has 1 aliphatic carbocycles. The van der Waals surface area contributed by atoms with Gasteiger partial charge in [0, 0.05) is 0 Å². The van der Waals surface area contributed by atoms with E-state index in [0.717, 1.165) is 19.3 Å². The lowest BCUT2D eigenvalue weighted by molar-refractivity contribution is -0.124. The second-order valence-corrected chi connectivity index (χ2v) is 5.74. The van der Waals surface area contributed by atoms with E-state index in [4.69, 9.17) is 10.5 Å². The SMILES string of the molecule is CC(C)(C)OC(=O)N/C(=C/C1CCC1)C(O)C(N)=O. The molecule has 1 saturated carbocycles. The Labute approximate surface area is 113 Å². The zero-order chi connectivity index (χ0) is 14.6. The fourth-order valence-corrected chi connectivity index (χ4v) is 1.64. The van der Waals surface area contributed by atoms with Crippen LogP contribution in [0.5, 0.6) is 0 Å². The minimum absolute atomic E-state index is 0.103. The second kappa shape index (κ2) is 6.06. The number of rotatable bonds is 4. The first-order valence-electron chi connectivity index (χ1n) is 6.38. The number of hydrogen-bond acceptors (Lipinski definition) is 4. The van der Waals surface area contributed by atoms with E-state index in [1.54, 1.807) is 26.8 Å². The first kappa shape index (κ1) is 15.5. The van der Waals surface area contributed by atoms with Crippen LogP contribution < -0.4 is 11.1 Å². The molecular formula is C13H22N2O4. The molecular weight excluding hydrogens is 248 g/mol. The van der Waals surface area contributed by atoms with Crippen LogP contribution in [-0.2, 0) is 9.53 Å². The first-order valence-corrected chi connectivity index (χ1v) is 6.38. The fraction of sp³-hybridized carbons (Fsp3) is 0.692. The molecule has 1 unspecified atom stereocenters. The number of primary amides is 1. The van der Waals surface area contributed by atoms with Crippen molar-refractivity contribution in [2.75, 3.05) is 0 Å². The van der Waals surface area contributed by atoms with Crippen molar-refractivity contribution in [2.45, 2.75) is 51.7 Å². The van der Waals surface area contributed by atoms with Crippen LogP contribution in [0.15, 0.2) is 11.8 Å². The highest BCUT2D eigenvalue weighted by atomic mass is 16.6. The van der Waals surface area contributed by atoms with Crippen LogP contribution in [0, 0.1) is 5.92 Å². The van der Waals surface area contributed by atoms with Crippen molar-refractivity contribution < 1.29 is 19.4 Å². The molecule has 0 radical (unpaired) electrons. The van der Waals surface area contributed by atoms with Crippen LogP contribution in [0.3, 0.4) is 0 Å². The molecule has 6 heteroatoms. The molecule has 2 amide bonds. The van der Waals surface area contributed by atoms with Gasteiger partial charge in [0.25, 0.3) is 5.91 Å². The molecule has 0 aromatic carbocycles. The normalized spacial score (nSPS) is 18.4. The molecule has 4 N–H and O–H groups in total. The molecule has 1 rings (SSSR count). The molecule has 0 aliphatic heterocycles. The zero-order valence-corrected chi connectivity index (χ0v) is 11.6. The average molecular weight is 270 g/mol. The van der Waals surface area contributed by atoms with Crippen molar-refractivity contribution >= 4 is 12.0 Å². The van der Waals surface area contributed by atoms with Gasteiger partial charge in [0.2, 0.25) is 0 Å². The number of nitrogens with one attached hydrogen (secondary N) is 1. The Balaban J connectivity index is 2.71. The lowest BCUT2D eigenvalue weighted by Crippen LogP contribution is -2.40. The smallest absolute Gasteiger partial charge is 0.411 e.